The Bertz CT molecular complexity index is 723. The maximum atomic E-state index is 5.31. The van der Waals surface area contributed by atoms with Gasteiger partial charge in [0, 0.05) is 11.8 Å². The second-order valence-corrected chi connectivity index (χ2v) is 3.90. The second-order valence-electron chi connectivity index (χ2n) is 3.90. The van der Waals surface area contributed by atoms with Gasteiger partial charge in [-0.1, -0.05) is 0 Å². The lowest BCUT2D eigenvalue weighted by atomic mass is 10.1. The zero-order valence-corrected chi connectivity index (χ0v) is 10.6. The predicted octanol–water partition coefficient (Wildman–Crippen LogP) is 1.81. The van der Waals surface area contributed by atoms with E-state index in [-0.39, 0.29) is 0 Å². The van der Waals surface area contributed by atoms with Crippen molar-refractivity contribution < 1.29 is 9.47 Å². The van der Waals surface area contributed by atoms with Gasteiger partial charge in [-0.3, -0.25) is 4.40 Å². The Balaban J connectivity index is 2.19. The summed E-state index contributed by atoms with van der Waals surface area (Å²) in [7, 11) is 3.23. The van der Waals surface area contributed by atoms with Crippen LogP contribution in [0.4, 0.5) is 0 Å². The van der Waals surface area contributed by atoms with Crippen molar-refractivity contribution in [2.24, 2.45) is 0 Å². The maximum Gasteiger partial charge on any atom is 0.255 e. The Labute approximate surface area is 109 Å². The van der Waals surface area contributed by atoms with Crippen molar-refractivity contribution in [1.29, 1.82) is 0 Å². The minimum atomic E-state index is 0.562. The molecule has 0 aliphatic carbocycles. The van der Waals surface area contributed by atoms with Crippen molar-refractivity contribution >= 4 is 5.78 Å². The number of fused-ring (bicyclic) bond motifs is 1. The van der Waals surface area contributed by atoms with E-state index >= 15 is 0 Å². The lowest BCUT2D eigenvalue weighted by molar-refractivity contribution is 0.355. The first-order valence-electron chi connectivity index (χ1n) is 5.70. The quantitative estimate of drug-likeness (QED) is 0.715. The molecular weight excluding hydrogens is 244 g/mol. The Kier molecular flexibility index (Phi) is 2.75. The minimum Gasteiger partial charge on any atom is -0.493 e. The molecule has 0 radical (unpaired) electrons. The van der Waals surface area contributed by atoms with Gasteiger partial charge in [-0.05, 0) is 24.3 Å². The Morgan fingerprint density at radius 3 is 2.68 bits per heavy atom. The van der Waals surface area contributed by atoms with Gasteiger partial charge in [0.05, 0.1) is 19.9 Å². The molecule has 3 aromatic rings. The van der Waals surface area contributed by atoms with E-state index in [4.69, 9.17) is 9.47 Å². The summed E-state index contributed by atoms with van der Waals surface area (Å²) in [6, 6.07) is 7.63. The van der Waals surface area contributed by atoms with Gasteiger partial charge in [0.25, 0.3) is 5.78 Å². The zero-order valence-electron chi connectivity index (χ0n) is 10.6. The summed E-state index contributed by atoms with van der Waals surface area (Å²) < 4.78 is 12.4. The van der Waals surface area contributed by atoms with E-state index in [9.17, 15) is 0 Å². The number of hydrogen-bond donors (Lipinski definition) is 0. The molecule has 0 atom stereocenters. The fourth-order valence-corrected chi connectivity index (χ4v) is 1.97. The van der Waals surface area contributed by atoms with Crippen molar-refractivity contribution in [3.05, 3.63) is 36.8 Å². The average molecular weight is 256 g/mol. The first-order valence-corrected chi connectivity index (χ1v) is 5.70. The van der Waals surface area contributed by atoms with Crippen LogP contribution in [0.25, 0.3) is 17.0 Å². The zero-order chi connectivity index (χ0) is 13.2. The van der Waals surface area contributed by atoms with Crippen LogP contribution < -0.4 is 9.47 Å². The minimum absolute atomic E-state index is 0.562. The highest BCUT2D eigenvalue weighted by atomic mass is 16.5. The average Bonchev–Trinajstić information content (AvgIpc) is 2.94. The largest absolute Gasteiger partial charge is 0.493 e. The Morgan fingerprint density at radius 1 is 1.05 bits per heavy atom. The van der Waals surface area contributed by atoms with Crippen LogP contribution >= 0.6 is 0 Å². The smallest absolute Gasteiger partial charge is 0.255 e. The maximum absolute atomic E-state index is 5.31. The van der Waals surface area contributed by atoms with Crippen molar-refractivity contribution in [2.75, 3.05) is 14.2 Å². The first kappa shape index (κ1) is 11.5. The highest BCUT2D eigenvalue weighted by Crippen LogP contribution is 2.32. The number of nitrogens with zero attached hydrogens (tertiary/aromatic N) is 4. The van der Waals surface area contributed by atoms with Gasteiger partial charge in [0.15, 0.2) is 11.5 Å². The highest BCUT2D eigenvalue weighted by Gasteiger charge is 2.09. The summed E-state index contributed by atoms with van der Waals surface area (Å²) in [5.74, 6) is 1.94. The number of benzene rings is 1. The number of aromatic nitrogens is 4. The van der Waals surface area contributed by atoms with Crippen LogP contribution in [0.2, 0.25) is 0 Å². The lowest BCUT2D eigenvalue weighted by Crippen LogP contribution is -1.95. The topological polar surface area (TPSA) is 61.5 Å². The van der Waals surface area contributed by atoms with Crippen molar-refractivity contribution in [1.82, 2.24) is 19.6 Å². The molecule has 0 amide bonds. The number of hydrogen-bond acceptors (Lipinski definition) is 5. The van der Waals surface area contributed by atoms with E-state index in [1.54, 1.807) is 26.7 Å². The molecule has 6 nitrogen and oxygen atoms in total. The molecule has 0 bridgehead atoms. The molecule has 1 aromatic carbocycles. The SMILES string of the molecule is COc1ccc(-c2ccnc3nncn23)cc1OC. The standard InChI is InChI=1S/C13H12N4O2/c1-18-11-4-3-9(7-12(11)19-2)10-5-6-14-13-16-15-8-17(10)13/h3-8H,1-2H3. The van der Waals surface area contributed by atoms with E-state index in [1.807, 2.05) is 28.7 Å². The van der Waals surface area contributed by atoms with Gasteiger partial charge in [-0.25, -0.2) is 4.98 Å². The lowest BCUT2D eigenvalue weighted by Gasteiger charge is -2.10. The molecular formula is C13H12N4O2. The molecule has 0 spiro atoms. The van der Waals surface area contributed by atoms with Crippen molar-refractivity contribution in [3.8, 4) is 22.8 Å². The fraction of sp³-hybridized carbons (Fsp3) is 0.154. The summed E-state index contributed by atoms with van der Waals surface area (Å²) in [5, 5.41) is 7.79. The monoisotopic (exact) mass is 256 g/mol. The molecule has 96 valence electrons. The molecule has 0 fully saturated rings. The number of rotatable bonds is 3. The summed E-state index contributed by atoms with van der Waals surface area (Å²) in [6.45, 7) is 0. The molecule has 0 N–H and O–H groups in total. The van der Waals surface area contributed by atoms with Crippen LogP contribution in [0.15, 0.2) is 36.8 Å². The van der Waals surface area contributed by atoms with Gasteiger partial charge in [-0.15, -0.1) is 10.2 Å². The van der Waals surface area contributed by atoms with Crippen molar-refractivity contribution in [2.45, 2.75) is 0 Å². The molecule has 6 heteroatoms. The van der Waals surface area contributed by atoms with E-state index in [0.717, 1.165) is 11.3 Å². The number of methoxy groups -OCH3 is 2. The van der Waals surface area contributed by atoms with Crippen LogP contribution in [0.1, 0.15) is 0 Å². The number of ether oxygens (including phenoxy) is 2. The summed E-state index contributed by atoms with van der Waals surface area (Å²) >= 11 is 0. The van der Waals surface area contributed by atoms with E-state index in [1.165, 1.54) is 0 Å². The molecule has 19 heavy (non-hydrogen) atoms. The predicted molar refractivity (Wildman–Crippen MR) is 69.3 cm³/mol. The van der Waals surface area contributed by atoms with E-state index in [0.29, 0.717) is 17.3 Å². The summed E-state index contributed by atoms with van der Waals surface area (Å²) in [6.07, 6.45) is 3.34. The van der Waals surface area contributed by atoms with Crippen LogP contribution in [-0.4, -0.2) is 33.8 Å². The summed E-state index contributed by atoms with van der Waals surface area (Å²) in [4.78, 5) is 4.14. The summed E-state index contributed by atoms with van der Waals surface area (Å²) in [5.41, 5.74) is 1.92. The van der Waals surface area contributed by atoms with Crippen LogP contribution in [0.3, 0.4) is 0 Å². The second kappa shape index (κ2) is 4.56. The molecule has 0 aliphatic rings. The van der Waals surface area contributed by atoms with Crippen molar-refractivity contribution in [3.63, 3.8) is 0 Å². The first-order chi connectivity index (χ1) is 9.33. The third kappa shape index (κ3) is 1.87. The Morgan fingerprint density at radius 2 is 1.89 bits per heavy atom. The molecule has 0 saturated carbocycles. The molecule has 0 unspecified atom stereocenters. The van der Waals surface area contributed by atoms with Gasteiger partial charge in [-0.2, -0.15) is 0 Å². The third-order valence-electron chi connectivity index (χ3n) is 2.89. The third-order valence-corrected chi connectivity index (χ3v) is 2.89. The van der Waals surface area contributed by atoms with Crippen LogP contribution in [0, 0.1) is 0 Å². The van der Waals surface area contributed by atoms with Gasteiger partial charge < -0.3 is 9.47 Å². The molecule has 3 rings (SSSR count). The van der Waals surface area contributed by atoms with E-state index < -0.39 is 0 Å². The normalized spacial score (nSPS) is 10.6. The molecule has 2 heterocycles. The van der Waals surface area contributed by atoms with Gasteiger partial charge >= 0.3 is 0 Å². The Hall–Kier alpha value is -2.63. The van der Waals surface area contributed by atoms with Crippen LogP contribution in [-0.2, 0) is 0 Å². The van der Waals surface area contributed by atoms with Crippen LogP contribution in [0.5, 0.6) is 11.5 Å². The molecule has 0 saturated heterocycles. The molecule has 0 aliphatic heterocycles. The van der Waals surface area contributed by atoms with Gasteiger partial charge in [0.2, 0.25) is 0 Å². The molecule has 2 aromatic heterocycles. The highest BCUT2D eigenvalue weighted by molar-refractivity contribution is 5.65. The van der Waals surface area contributed by atoms with Gasteiger partial charge in [0.1, 0.15) is 6.33 Å². The van der Waals surface area contributed by atoms with E-state index in [2.05, 4.69) is 15.2 Å². The fourth-order valence-electron chi connectivity index (χ4n) is 1.97.